The molecule has 6 heteroatoms. The van der Waals surface area contributed by atoms with Gasteiger partial charge in [0.1, 0.15) is 0 Å². The molecule has 0 spiro atoms. The third-order valence-corrected chi connectivity index (χ3v) is 4.12. The van der Waals surface area contributed by atoms with Gasteiger partial charge in [0.25, 0.3) is 5.91 Å². The van der Waals surface area contributed by atoms with Crippen LogP contribution >= 0.6 is 11.6 Å². The number of likely N-dealkylation sites (tertiary alicyclic amines) is 1. The molecular formula is C16H19ClN4O. The summed E-state index contributed by atoms with van der Waals surface area (Å²) in [4.78, 5) is 14.4. The quantitative estimate of drug-likeness (QED) is 0.874. The molecule has 1 aromatic heterocycles. The molecule has 1 amide bonds. The van der Waals surface area contributed by atoms with E-state index in [4.69, 9.17) is 11.6 Å². The lowest BCUT2D eigenvalue weighted by atomic mass is 10.2. The average Bonchev–Trinajstić information content (AvgIpc) is 2.80. The van der Waals surface area contributed by atoms with E-state index in [1.165, 1.54) is 12.8 Å². The van der Waals surface area contributed by atoms with Crippen LogP contribution < -0.4 is 0 Å². The molecule has 1 aromatic carbocycles. The molecule has 0 atom stereocenters. The van der Waals surface area contributed by atoms with Crippen LogP contribution in [0.3, 0.4) is 0 Å². The molecule has 0 unspecified atom stereocenters. The highest BCUT2D eigenvalue weighted by Gasteiger charge is 2.20. The molecule has 0 bridgehead atoms. The van der Waals surface area contributed by atoms with Gasteiger partial charge in [0.15, 0.2) is 5.69 Å². The van der Waals surface area contributed by atoms with Crippen LogP contribution in [0.5, 0.6) is 0 Å². The molecule has 1 aliphatic heterocycles. The lowest BCUT2D eigenvalue weighted by Gasteiger charge is -2.18. The van der Waals surface area contributed by atoms with E-state index in [0.29, 0.717) is 17.3 Å². The molecule has 2 aromatic rings. The molecular weight excluding hydrogens is 300 g/mol. The number of hydrogen-bond donors (Lipinski definition) is 0. The Hall–Kier alpha value is -1.88. The minimum absolute atomic E-state index is 0.0146. The van der Waals surface area contributed by atoms with Gasteiger partial charge in [0, 0.05) is 18.1 Å². The molecule has 0 saturated carbocycles. The van der Waals surface area contributed by atoms with Crippen LogP contribution in [0.2, 0.25) is 5.02 Å². The predicted molar refractivity (Wildman–Crippen MR) is 84.9 cm³/mol. The molecule has 1 aliphatic rings. The number of rotatable bonds is 3. The van der Waals surface area contributed by atoms with Gasteiger partial charge >= 0.3 is 0 Å². The van der Waals surface area contributed by atoms with E-state index in [1.54, 1.807) is 10.9 Å². The predicted octanol–water partition coefficient (Wildman–Crippen LogP) is 3.00. The summed E-state index contributed by atoms with van der Waals surface area (Å²) in [6.45, 7) is 2.20. The Balaban J connectivity index is 1.68. The second kappa shape index (κ2) is 6.92. The molecule has 5 nitrogen and oxygen atoms in total. The van der Waals surface area contributed by atoms with E-state index in [1.807, 2.05) is 29.2 Å². The molecule has 116 valence electrons. The van der Waals surface area contributed by atoms with Gasteiger partial charge in [-0.15, -0.1) is 5.10 Å². The van der Waals surface area contributed by atoms with Crippen LogP contribution in [0.1, 0.15) is 41.7 Å². The molecule has 1 fully saturated rings. The zero-order valence-corrected chi connectivity index (χ0v) is 13.2. The molecule has 22 heavy (non-hydrogen) atoms. The maximum atomic E-state index is 12.5. The topological polar surface area (TPSA) is 51.0 Å². The lowest BCUT2D eigenvalue weighted by molar-refractivity contribution is 0.0755. The highest BCUT2D eigenvalue weighted by molar-refractivity contribution is 6.30. The second-order valence-electron chi connectivity index (χ2n) is 5.64. The number of amides is 1. The summed E-state index contributed by atoms with van der Waals surface area (Å²) in [6, 6.07) is 7.60. The fraction of sp³-hybridized carbons (Fsp3) is 0.438. The van der Waals surface area contributed by atoms with Gasteiger partial charge in [-0.2, -0.15) is 0 Å². The Kier molecular flexibility index (Phi) is 4.73. The summed E-state index contributed by atoms with van der Waals surface area (Å²) < 4.78 is 1.68. The van der Waals surface area contributed by atoms with E-state index >= 15 is 0 Å². The number of hydrogen-bond acceptors (Lipinski definition) is 3. The highest BCUT2D eigenvalue weighted by Crippen LogP contribution is 2.14. The number of carbonyl (C=O) groups is 1. The van der Waals surface area contributed by atoms with Crippen molar-refractivity contribution in [2.24, 2.45) is 0 Å². The van der Waals surface area contributed by atoms with Gasteiger partial charge in [-0.3, -0.25) is 4.79 Å². The van der Waals surface area contributed by atoms with Crippen molar-refractivity contribution in [3.8, 4) is 0 Å². The molecule has 0 aliphatic carbocycles. The number of aromatic nitrogens is 3. The largest absolute Gasteiger partial charge is 0.337 e. The maximum Gasteiger partial charge on any atom is 0.276 e. The first-order valence-electron chi connectivity index (χ1n) is 7.66. The van der Waals surface area contributed by atoms with Crippen LogP contribution in [-0.2, 0) is 6.54 Å². The SMILES string of the molecule is O=C(c1cn(Cc2cccc(Cl)c2)nn1)N1CCCCCC1. The maximum absolute atomic E-state index is 12.5. The fourth-order valence-electron chi connectivity index (χ4n) is 2.73. The lowest BCUT2D eigenvalue weighted by Crippen LogP contribution is -2.32. The van der Waals surface area contributed by atoms with E-state index in [2.05, 4.69) is 10.3 Å². The first-order valence-corrected chi connectivity index (χ1v) is 8.04. The Morgan fingerprint density at radius 3 is 2.68 bits per heavy atom. The Labute approximate surface area is 134 Å². The minimum atomic E-state index is -0.0146. The van der Waals surface area contributed by atoms with Crippen molar-refractivity contribution < 1.29 is 4.79 Å². The summed E-state index contributed by atoms with van der Waals surface area (Å²) in [5, 5.41) is 8.78. The Morgan fingerprint density at radius 2 is 1.95 bits per heavy atom. The normalized spacial score (nSPS) is 15.6. The van der Waals surface area contributed by atoms with Crippen molar-refractivity contribution in [1.29, 1.82) is 0 Å². The molecule has 2 heterocycles. The van der Waals surface area contributed by atoms with Crippen LogP contribution in [0.15, 0.2) is 30.5 Å². The van der Waals surface area contributed by atoms with Gasteiger partial charge in [-0.25, -0.2) is 4.68 Å². The Morgan fingerprint density at radius 1 is 1.18 bits per heavy atom. The van der Waals surface area contributed by atoms with E-state index < -0.39 is 0 Å². The summed E-state index contributed by atoms with van der Waals surface area (Å²) >= 11 is 5.98. The number of nitrogens with zero attached hydrogens (tertiary/aromatic N) is 4. The van der Waals surface area contributed by atoms with E-state index in [-0.39, 0.29) is 5.91 Å². The first-order chi connectivity index (χ1) is 10.7. The Bertz CT molecular complexity index is 647. The van der Waals surface area contributed by atoms with Crippen molar-refractivity contribution in [2.75, 3.05) is 13.1 Å². The minimum Gasteiger partial charge on any atom is -0.337 e. The molecule has 1 saturated heterocycles. The molecule has 3 rings (SSSR count). The van der Waals surface area contributed by atoms with Crippen molar-refractivity contribution >= 4 is 17.5 Å². The van der Waals surface area contributed by atoms with Gasteiger partial charge in [-0.05, 0) is 30.5 Å². The summed E-state index contributed by atoms with van der Waals surface area (Å²) in [5.41, 5.74) is 1.45. The zero-order chi connectivity index (χ0) is 15.4. The van der Waals surface area contributed by atoms with E-state index in [0.717, 1.165) is 31.5 Å². The van der Waals surface area contributed by atoms with Crippen molar-refractivity contribution in [3.05, 3.63) is 46.7 Å². The summed E-state index contributed by atoms with van der Waals surface area (Å²) in [5.74, 6) is -0.0146. The summed E-state index contributed by atoms with van der Waals surface area (Å²) in [6.07, 6.45) is 6.26. The van der Waals surface area contributed by atoms with Gasteiger partial charge in [0.2, 0.25) is 0 Å². The smallest absolute Gasteiger partial charge is 0.276 e. The monoisotopic (exact) mass is 318 g/mol. The number of benzene rings is 1. The summed E-state index contributed by atoms with van der Waals surface area (Å²) in [7, 11) is 0. The number of halogens is 1. The van der Waals surface area contributed by atoms with Crippen LogP contribution in [0.25, 0.3) is 0 Å². The average molecular weight is 319 g/mol. The highest BCUT2D eigenvalue weighted by atomic mass is 35.5. The van der Waals surface area contributed by atoms with Crippen molar-refractivity contribution in [2.45, 2.75) is 32.2 Å². The van der Waals surface area contributed by atoms with E-state index in [9.17, 15) is 4.79 Å². The molecule has 0 N–H and O–H groups in total. The third-order valence-electron chi connectivity index (χ3n) is 3.88. The van der Waals surface area contributed by atoms with Crippen LogP contribution in [0, 0.1) is 0 Å². The van der Waals surface area contributed by atoms with Crippen molar-refractivity contribution in [3.63, 3.8) is 0 Å². The fourth-order valence-corrected chi connectivity index (χ4v) is 2.94. The number of carbonyl (C=O) groups excluding carboxylic acids is 1. The standard InChI is InChI=1S/C16H19ClN4O/c17-14-7-5-6-13(10-14)11-21-12-15(18-19-21)16(22)20-8-3-1-2-4-9-20/h5-7,10,12H,1-4,8-9,11H2. The zero-order valence-electron chi connectivity index (χ0n) is 12.4. The van der Waals surface area contributed by atoms with Gasteiger partial charge in [0.05, 0.1) is 12.7 Å². The second-order valence-corrected chi connectivity index (χ2v) is 6.07. The third kappa shape index (κ3) is 3.65. The van der Waals surface area contributed by atoms with Crippen molar-refractivity contribution in [1.82, 2.24) is 19.9 Å². The van der Waals surface area contributed by atoms with Crippen LogP contribution in [-0.4, -0.2) is 38.9 Å². The van der Waals surface area contributed by atoms with Gasteiger partial charge in [-0.1, -0.05) is 41.8 Å². The molecule has 0 radical (unpaired) electrons. The van der Waals surface area contributed by atoms with Gasteiger partial charge < -0.3 is 4.90 Å². The van der Waals surface area contributed by atoms with Crippen LogP contribution in [0.4, 0.5) is 0 Å². The first kappa shape index (κ1) is 15.0.